The summed E-state index contributed by atoms with van der Waals surface area (Å²) < 4.78 is 7.73. The molecule has 35 heavy (non-hydrogen) atoms. The zero-order valence-corrected chi connectivity index (χ0v) is 23.1. The average molecular weight is 615 g/mol. The van der Waals surface area contributed by atoms with Crippen molar-refractivity contribution in [3.05, 3.63) is 79.6 Å². The molecule has 0 N–H and O–H groups in total. The number of ether oxygens (including phenoxy) is 1. The zero-order valence-electron chi connectivity index (χ0n) is 19.1. The SMILES string of the molecule is O=C1S/C(=C/c2cc(Br)c(OCc3cccc4ccccc34)c(Br)c2)C(=O)N1CC1CCCCC1. The molecule has 2 amide bonds. The summed E-state index contributed by atoms with van der Waals surface area (Å²) in [5, 5.41) is 2.18. The van der Waals surface area contributed by atoms with Gasteiger partial charge >= 0.3 is 0 Å². The molecule has 0 radical (unpaired) electrons. The van der Waals surface area contributed by atoms with Crippen LogP contribution in [0.5, 0.6) is 5.75 Å². The second kappa shape index (κ2) is 10.9. The molecule has 2 fully saturated rings. The Labute approximate surface area is 226 Å². The molecule has 1 heterocycles. The number of amides is 2. The number of carbonyl (C=O) groups is 2. The molecular weight excluding hydrogens is 590 g/mol. The van der Waals surface area contributed by atoms with E-state index in [9.17, 15) is 9.59 Å². The molecule has 0 unspecified atom stereocenters. The lowest BCUT2D eigenvalue weighted by Gasteiger charge is -2.25. The van der Waals surface area contributed by atoms with E-state index in [1.54, 1.807) is 6.08 Å². The average Bonchev–Trinajstić information content (AvgIpc) is 3.11. The van der Waals surface area contributed by atoms with Crippen LogP contribution in [-0.2, 0) is 11.4 Å². The van der Waals surface area contributed by atoms with E-state index < -0.39 is 0 Å². The fourth-order valence-corrected chi connectivity index (χ4v) is 7.10. The summed E-state index contributed by atoms with van der Waals surface area (Å²) in [6.45, 7) is 0.967. The maximum atomic E-state index is 13.0. The number of rotatable bonds is 6. The van der Waals surface area contributed by atoms with Crippen molar-refractivity contribution >= 4 is 71.6 Å². The van der Waals surface area contributed by atoms with Gasteiger partial charge in [-0.25, -0.2) is 0 Å². The molecule has 1 aliphatic heterocycles. The number of hydrogen-bond acceptors (Lipinski definition) is 4. The van der Waals surface area contributed by atoms with Crippen LogP contribution >= 0.6 is 43.6 Å². The van der Waals surface area contributed by atoms with Gasteiger partial charge in [0, 0.05) is 6.54 Å². The van der Waals surface area contributed by atoms with Crippen LogP contribution in [0.4, 0.5) is 4.79 Å². The fraction of sp³-hybridized carbons (Fsp3) is 0.286. The molecule has 0 bridgehead atoms. The highest BCUT2D eigenvalue weighted by Gasteiger charge is 2.36. The zero-order chi connectivity index (χ0) is 24.4. The number of benzene rings is 3. The van der Waals surface area contributed by atoms with E-state index in [1.807, 2.05) is 30.3 Å². The van der Waals surface area contributed by atoms with Crippen LogP contribution < -0.4 is 4.74 Å². The van der Waals surface area contributed by atoms with Crippen molar-refractivity contribution in [1.29, 1.82) is 0 Å². The van der Waals surface area contributed by atoms with E-state index in [1.165, 1.54) is 34.9 Å². The molecule has 1 aliphatic carbocycles. The van der Waals surface area contributed by atoms with Gasteiger partial charge in [0.05, 0.1) is 13.9 Å². The Kier molecular flexibility index (Phi) is 7.65. The Balaban J connectivity index is 1.31. The number of imide groups is 1. The van der Waals surface area contributed by atoms with Crippen molar-refractivity contribution in [2.45, 2.75) is 38.7 Å². The van der Waals surface area contributed by atoms with Gasteiger partial charge in [-0.05, 0) is 102 Å². The predicted octanol–water partition coefficient (Wildman–Crippen LogP) is 8.56. The van der Waals surface area contributed by atoms with Gasteiger partial charge in [0.2, 0.25) is 0 Å². The summed E-state index contributed by atoms with van der Waals surface area (Å²) >= 11 is 8.27. The molecule has 3 aromatic carbocycles. The summed E-state index contributed by atoms with van der Waals surface area (Å²) in [5.74, 6) is 0.938. The van der Waals surface area contributed by atoms with E-state index in [2.05, 4.69) is 56.1 Å². The topological polar surface area (TPSA) is 46.6 Å². The molecule has 5 rings (SSSR count). The summed E-state index contributed by atoms with van der Waals surface area (Å²) in [4.78, 5) is 27.4. The number of nitrogens with zero attached hydrogens (tertiary/aromatic N) is 1. The number of carbonyl (C=O) groups excluding carboxylic acids is 2. The standard InChI is InChI=1S/C28H25Br2NO3S/c29-23-13-19(15-25-27(32)31(28(33)35-25)16-18-7-2-1-3-8-18)14-24(30)26(23)34-17-21-11-6-10-20-9-4-5-12-22(20)21/h4-6,9-15,18H,1-3,7-8,16-17H2/b25-15+. The van der Waals surface area contributed by atoms with Crippen LogP contribution in [-0.4, -0.2) is 22.6 Å². The minimum atomic E-state index is -0.186. The van der Waals surface area contributed by atoms with Crippen LogP contribution in [0.15, 0.2) is 68.4 Å². The van der Waals surface area contributed by atoms with Gasteiger partial charge in [-0.3, -0.25) is 14.5 Å². The Morgan fingerprint density at radius 3 is 2.46 bits per heavy atom. The molecule has 180 valence electrons. The van der Waals surface area contributed by atoms with Crippen LogP contribution in [0.1, 0.15) is 43.2 Å². The van der Waals surface area contributed by atoms with E-state index in [-0.39, 0.29) is 11.1 Å². The molecule has 1 saturated heterocycles. The highest BCUT2D eigenvalue weighted by Crippen LogP contribution is 2.39. The number of hydrogen-bond donors (Lipinski definition) is 0. The van der Waals surface area contributed by atoms with Crippen molar-refractivity contribution in [2.75, 3.05) is 6.54 Å². The maximum absolute atomic E-state index is 13.0. The normalized spacial score (nSPS) is 18.1. The summed E-state index contributed by atoms with van der Waals surface area (Å²) in [5.41, 5.74) is 1.93. The van der Waals surface area contributed by atoms with Gasteiger partial charge in [-0.2, -0.15) is 0 Å². The van der Waals surface area contributed by atoms with Gasteiger partial charge in [0.1, 0.15) is 12.4 Å². The smallest absolute Gasteiger partial charge is 0.293 e. The molecule has 7 heteroatoms. The van der Waals surface area contributed by atoms with Crippen LogP contribution in [0, 0.1) is 5.92 Å². The molecule has 2 aliphatic rings. The van der Waals surface area contributed by atoms with Gasteiger partial charge in [0.15, 0.2) is 0 Å². The molecule has 4 nitrogen and oxygen atoms in total. The van der Waals surface area contributed by atoms with E-state index in [0.717, 1.165) is 44.7 Å². The molecule has 3 aromatic rings. The van der Waals surface area contributed by atoms with Crippen molar-refractivity contribution in [2.24, 2.45) is 5.92 Å². The monoisotopic (exact) mass is 613 g/mol. The summed E-state index contributed by atoms with van der Waals surface area (Å²) in [6, 6.07) is 18.3. The largest absolute Gasteiger partial charge is 0.487 e. The minimum Gasteiger partial charge on any atom is -0.487 e. The fourth-order valence-electron chi connectivity index (χ4n) is 4.81. The third-order valence-electron chi connectivity index (χ3n) is 6.61. The van der Waals surface area contributed by atoms with Crippen molar-refractivity contribution in [3.63, 3.8) is 0 Å². The van der Waals surface area contributed by atoms with Gasteiger partial charge in [-0.1, -0.05) is 61.7 Å². The Morgan fingerprint density at radius 1 is 0.971 bits per heavy atom. The van der Waals surface area contributed by atoms with Crippen LogP contribution in [0.2, 0.25) is 0 Å². The van der Waals surface area contributed by atoms with Crippen molar-refractivity contribution in [3.8, 4) is 5.75 Å². The minimum absolute atomic E-state index is 0.167. The maximum Gasteiger partial charge on any atom is 0.293 e. The van der Waals surface area contributed by atoms with E-state index in [0.29, 0.717) is 29.7 Å². The van der Waals surface area contributed by atoms with Crippen LogP contribution in [0.25, 0.3) is 16.8 Å². The van der Waals surface area contributed by atoms with Crippen molar-refractivity contribution < 1.29 is 14.3 Å². The Morgan fingerprint density at radius 2 is 1.69 bits per heavy atom. The summed E-state index contributed by atoms with van der Waals surface area (Å²) in [6.07, 6.45) is 7.61. The first-order valence-corrected chi connectivity index (χ1v) is 14.2. The first-order chi connectivity index (χ1) is 17.0. The van der Waals surface area contributed by atoms with Gasteiger partial charge < -0.3 is 4.74 Å². The predicted molar refractivity (Wildman–Crippen MR) is 149 cm³/mol. The van der Waals surface area contributed by atoms with Gasteiger partial charge in [0.25, 0.3) is 11.1 Å². The lowest BCUT2D eigenvalue weighted by Crippen LogP contribution is -2.34. The molecular formula is C28H25Br2NO3S. The molecule has 0 aromatic heterocycles. The number of fused-ring (bicyclic) bond motifs is 1. The molecule has 1 saturated carbocycles. The Hall–Kier alpha value is -2.09. The van der Waals surface area contributed by atoms with Gasteiger partial charge in [-0.15, -0.1) is 0 Å². The van der Waals surface area contributed by atoms with E-state index >= 15 is 0 Å². The highest BCUT2D eigenvalue weighted by molar-refractivity contribution is 9.11. The lowest BCUT2D eigenvalue weighted by atomic mass is 9.89. The Bertz CT molecular complexity index is 1290. The number of thioether (sulfide) groups is 1. The molecule has 0 atom stereocenters. The highest BCUT2D eigenvalue weighted by atomic mass is 79.9. The summed E-state index contributed by atoms with van der Waals surface area (Å²) in [7, 11) is 0. The third-order valence-corrected chi connectivity index (χ3v) is 8.69. The van der Waals surface area contributed by atoms with Crippen molar-refractivity contribution in [1.82, 2.24) is 4.90 Å². The molecule has 0 spiro atoms. The lowest BCUT2D eigenvalue weighted by molar-refractivity contribution is -0.123. The second-order valence-electron chi connectivity index (χ2n) is 9.04. The van der Waals surface area contributed by atoms with Crippen LogP contribution in [0.3, 0.4) is 0 Å². The first-order valence-electron chi connectivity index (χ1n) is 11.8. The second-order valence-corrected chi connectivity index (χ2v) is 11.7. The first kappa shape index (κ1) is 24.6. The number of halogens is 2. The van der Waals surface area contributed by atoms with E-state index in [4.69, 9.17) is 4.74 Å². The quantitative estimate of drug-likeness (QED) is 0.261. The third kappa shape index (κ3) is 5.52.